The largest absolute Gasteiger partial charge is 0.390 e. The van der Waals surface area contributed by atoms with E-state index in [0.29, 0.717) is 25.7 Å². The maximum Gasteiger partial charge on any atom is 0.390 e. The molecule has 3 aliphatic rings. The number of alkyl halides is 3. The van der Waals surface area contributed by atoms with Gasteiger partial charge in [0.2, 0.25) is 11.8 Å². The van der Waals surface area contributed by atoms with Crippen molar-refractivity contribution in [3.05, 3.63) is 29.3 Å². The number of halogens is 3. The summed E-state index contributed by atoms with van der Waals surface area (Å²) in [6, 6.07) is 4.99. The van der Waals surface area contributed by atoms with Crippen LogP contribution < -0.4 is 9.32 Å². The lowest BCUT2D eigenvalue weighted by atomic mass is 9.52. The maximum absolute atomic E-state index is 13.2. The van der Waals surface area contributed by atoms with Crippen LogP contribution in [-0.2, 0) is 26.3 Å². The van der Waals surface area contributed by atoms with Crippen LogP contribution in [0.15, 0.2) is 18.2 Å². The fourth-order valence-corrected chi connectivity index (χ4v) is 6.26. The van der Waals surface area contributed by atoms with Gasteiger partial charge in [-0.1, -0.05) is 13.0 Å². The van der Waals surface area contributed by atoms with Crippen molar-refractivity contribution in [3.63, 3.8) is 0 Å². The average Bonchev–Trinajstić information content (AvgIpc) is 2.66. The number of fused-ring (bicyclic) bond motifs is 5. The van der Waals surface area contributed by atoms with Gasteiger partial charge >= 0.3 is 16.5 Å². The smallest absolute Gasteiger partial charge is 0.371 e. The van der Waals surface area contributed by atoms with E-state index in [4.69, 9.17) is 9.32 Å². The third-order valence-electron chi connectivity index (χ3n) is 7.35. The molecule has 11 heteroatoms. The molecule has 2 amide bonds. The fraction of sp³-hybridized carbons (Fsp3) is 0.619. The quantitative estimate of drug-likeness (QED) is 0.675. The molecule has 2 N–H and O–H groups in total. The third-order valence-corrected chi connectivity index (χ3v) is 7.77. The number of imide groups is 1. The van der Waals surface area contributed by atoms with Gasteiger partial charge in [-0.15, -0.1) is 0 Å². The molecule has 2 fully saturated rings. The Bertz CT molecular complexity index is 1060. The van der Waals surface area contributed by atoms with E-state index in [0.717, 1.165) is 16.0 Å². The Kier molecular flexibility index (Phi) is 5.56. The van der Waals surface area contributed by atoms with Crippen molar-refractivity contribution in [2.24, 2.45) is 22.4 Å². The van der Waals surface area contributed by atoms with Crippen LogP contribution in [-0.4, -0.2) is 37.9 Å². The lowest BCUT2D eigenvalue weighted by Gasteiger charge is -2.54. The average molecular weight is 475 g/mol. The van der Waals surface area contributed by atoms with Crippen molar-refractivity contribution in [2.75, 3.05) is 6.54 Å². The zero-order valence-electron chi connectivity index (χ0n) is 17.5. The number of piperidine rings is 1. The molecule has 1 aromatic rings. The van der Waals surface area contributed by atoms with Crippen molar-refractivity contribution in [2.45, 2.75) is 57.5 Å². The Morgan fingerprint density at radius 3 is 2.62 bits per heavy atom. The minimum Gasteiger partial charge on any atom is -0.371 e. The first-order chi connectivity index (χ1) is 14.8. The molecule has 7 nitrogen and oxygen atoms in total. The molecule has 32 heavy (non-hydrogen) atoms. The number of nitrogens with two attached hydrogens (primary N) is 1. The minimum atomic E-state index is -4.44. The van der Waals surface area contributed by atoms with Gasteiger partial charge in [-0.05, 0) is 66.7 Å². The Labute approximate surface area is 184 Å². The lowest BCUT2D eigenvalue weighted by Crippen LogP contribution is -2.59. The second-order valence-corrected chi connectivity index (χ2v) is 10.4. The van der Waals surface area contributed by atoms with E-state index in [2.05, 4.69) is 0 Å². The molecule has 4 atom stereocenters. The summed E-state index contributed by atoms with van der Waals surface area (Å²) in [4.78, 5) is 26.6. The van der Waals surface area contributed by atoms with E-state index >= 15 is 0 Å². The first-order valence-corrected chi connectivity index (χ1v) is 12.0. The Hall–Kier alpha value is -2.14. The van der Waals surface area contributed by atoms with Crippen molar-refractivity contribution in [1.29, 1.82) is 0 Å². The summed E-state index contributed by atoms with van der Waals surface area (Å²) in [6.07, 6.45) is -3.13. The van der Waals surface area contributed by atoms with E-state index in [9.17, 15) is 31.2 Å². The normalized spacial score (nSPS) is 30.4. The van der Waals surface area contributed by atoms with E-state index in [1.807, 2.05) is 0 Å². The molecule has 0 aromatic heterocycles. The highest BCUT2D eigenvalue weighted by Crippen LogP contribution is 2.58. The van der Waals surface area contributed by atoms with E-state index in [1.54, 1.807) is 19.1 Å². The van der Waals surface area contributed by atoms with Crippen molar-refractivity contribution in [3.8, 4) is 5.75 Å². The summed E-state index contributed by atoms with van der Waals surface area (Å²) in [5.74, 6) is -1.01. The SMILES string of the molecule is C[C@]12CCC3c4ccc(OS(N)(=O)=O)cc4CCC3C1CC(=O)N(CCC(F)(F)F)C2=O. The van der Waals surface area contributed by atoms with Crippen LogP contribution in [0, 0.1) is 17.3 Å². The number of likely N-dealkylation sites (tertiary alicyclic amines) is 1. The van der Waals surface area contributed by atoms with Crippen LogP contribution in [0.25, 0.3) is 0 Å². The van der Waals surface area contributed by atoms with Gasteiger partial charge in [0.25, 0.3) is 0 Å². The van der Waals surface area contributed by atoms with Crippen molar-refractivity contribution >= 4 is 22.1 Å². The Morgan fingerprint density at radius 1 is 1.25 bits per heavy atom. The topological polar surface area (TPSA) is 107 Å². The molecule has 1 saturated carbocycles. The van der Waals surface area contributed by atoms with Crippen LogP contribution in [0.1, 0.15) is 56.1 Å². The van der Waals surface area contributed by atoms with Gasteiger partial charge in [0.1, 0.15) is 5.75 Å². The maximum atomic E-state index is 13.2. The molecule has 3 unspecified atom stereocenters. The van der Waals surface area contributed by atoms with Crippen LogP contribution in [0.4, 0.5) is 13.2 Å². The number of amides is 2. The second-order valence-electron chi connectivity index (χ2n) is 9.23. The summed E-state index contributed by atoms with van der Waals surface area (Å²) >= 11 is 0. The second kappa shape index (κ2) is 7.72. The molecule has 0 radical (unpaired) electrons. The molecular formula is C21H25F3N2O5S. The molecule has 2 aliphatic carbocycles. The lowest BCUT2D eigenvalue weighted by molar-refractivity contribution is -0.172. The summed E-state index contributed by atoms with van der Waals surface area (Å²) in [5.41, 5.74) is 1.11. The predicted octanol–water partition coefficient (Wildman–Crippen LogP) is 3.04. The first-order valence-electron chi connectivity index (χ1n) is 10.5. The number of hydrogen-bond acceptors (Lipinski definition) is 5. The highest BCUT2D eigenvalue weighted by molar-refractivity contribution is 7.84. The monoisotopic (exact) mass is 474 g/mol. The number of benzene rings is 1. The molecule has 1 aliphatic heterocycles. The summed E-state index contributed by atoms with van der Waals surface area (Å²) < 4.78 is 65.2. The number of hydrogen-bond donors (Lipinski definition) is 1. The van der Waals surface area contributed by atoms with Crippen LogP contribution >= 0.6 is 0 Å². The summed E-state index contributed by atoms with van der Waals surface area (Å²) in [6.45, 7) is 1.15. The van der Waals surface area contributed by atoms with Crippen LogP contribution in [0.2, 0.25) is 0 Å². The van der Waals surface area contributed by atoms with Crippen LogP contribution in [0.5, 0.6) is 5.75 Å². The van der Waals surface area contributed by atoms with E-state index < -0.39 is 46.7 Å². The first kappa shape index (κ1) is 23.0. The molecule has 4 rings (SSSR count). The number of rotatable bonds is 4. The molecule has 0 spiro atoms. The summed E-state index contributed by atoms with van der Waals surface area (Å²) in [5, 5.41) is 4.94. The summed E-state index contributed by atoms with van der Waals surface area (Å²) in [7, 11) is -4.13. The molecule has 176 valence electrons. The van der Waals surface area contributed by atoms with Gasteiger partial charge in [-0.3, -0.25) is 14.5 Å². The number of nitrogens with zero attached hydrogens (tertiary/aromatic N) is 1. The minimum absolute atomic E-state index is 0.0453. The van der Waals surface area contributed by atoms with E-state index in [1.165, 1.54) is 6.07 Å². The number of aryl methyl sites for hydroxylation is 1. The molecule has 1 saturated heterocycles. The molecular weight excluding hydrogens is 449 g/mol. The van der Waals surface area contributed by atoms with Crippen molar-refractivity contribution in [1.82, 2.24) is 4.90 Å². The number of carbonyl (C=O) groups is 2. The Morgan fingerprint density at radius 2 is 1.97 bits per heavy atom. The highest BCUT2D eigenvalue weighted by Gasteiger charge is 2.57. The standard InChI is InChI=1S/C21H25F3N2O5S/c1-20-7-6-15-14-5-3-13(31-32(25,29)30)10-12(14)2-4-16(15)17(20)11-18(27)26(19(20)28)9-8-21(22,23)24/h3,5,10,15-17H,2,4,6-9,11H2,1H3,(H2,25,29,30)/t15?,16?,17?,20-/m0/s1. The van der Waals surface area contributed by atoms with Crippen molar-refractivity contribution < 1.29 is 35.4 Å². The zero-order chi connectivity index (χ0) is 23.5. The van der Waals surface area contributed by atoms with Gasteiger partial charge < -0.3 is 4.18 Å². The predicted molar refractivity (Wildman–Crippen MR) is 108 cm³/mol. The number of carbonyl (C=O) groups excluding carboxylic acids is 2. The van der Waals surface area contributed by atoms with Crippen LogP contribution in [0.3, 0.4) is 0 Å². The van der Waals surface area contributed by atoms with Gasteiger partial charge in [-0.25, -0.2) is 0 Å². The zero-order valence-corrected chi connectivity index (χ0v) is 18.3. The van der Waals surface area contributed by atoms with Gasteiger partial charge in [0.05, 0.1) is 11.8 Å². The van der Waals surface area contributed by atoms with E-state index in [-0.39, 0.29) is 29.9 Å². The molecule has 1 aromatic carbocycles. The van der Waals surface area contributed by atoms with Gasteiger partial charge in [0.15, 0.2) is 0 Å². The highest BCUT2D eigenvalue weighted by atomic mass is 32.2. The molecule has 0 bridgehead atoms. The van der Waals surface area contributed by atoms with Gasteiger partial charge in [0, 0.05) is 13.0 Å². The van der Waals surface area contributed by atoms with Gasteiger partial charge in [-0.2, -0.15) is 26.7 Å². The third kappa shape index (κ3) is 4.24. The fourth-order valence-electron chi connectivity index (χ4n) is 5.89. The Balaban J connectivity index is 1.57. The molecule has 1 heterocycles.